The van der Waals surface area contributed by atoms with Crippen LogP contribution in [0.4, 0.5) is 0 Å². The highest BCUT2D eigenvalue weighted by Crippen LogP contribution is 2.25. The zero-order valence-electron chi connectivity index (χ0n) is 11.3. The van der Waals surface area contributed by atoms with Crippen molar-refractivity contribution in [2.75, 3.05) is 6.54 Å². The Labute approximate surface area is 128 Å². The summed E-state index contributed by atoms with van der Waals surface area (Å²) in [4.78, 5) is -0.0807. The maximum atomic E-state index is 12.7. The van der Waals surface area contributed by atoms with Crippen molar-refractivity contribution in [3.05, 3.63) is 52.9 Å². The van der Waals surface area contributed by atoms with Crippen molar-refractivity contribution in [2.24, 2.45) is 0 Å². The Morgan fingerprint density at radius 1 is 1.38 bits per heavy atom. The number of sulfonamides is 1. The highest BCUT2D eigenvalue weighted by molar-refractivity contribution is 7.89. The molecule has 21 heavy (non-hydrogen) atoms. The van der Waals surface area contributed by atoms with Crippen LogP contribution in [-0.2, 0) is 16.6 Å². The second-order valence-electron chi connectivity index (χ2n) is 4.32. The maximum absolute atomic E-state index is 12.7. The first-order chi connectivity index (χ1) is 9.98. The summed E-state index contributed by atoms with van der Waals surface area (Å²) in [5, 5.41) is 9.36. The van der Waals surface area contributed by atoms with Crippen molar-refractivity contribution in [3.63, 3.8) is 0 Å². The molecule has 0 amide bonds. The van der Waals surface area contributed by atoms with Gasteiger partial charge in [0.2, 0.25) is 10.0 Å². The lowest BCUT2D eigenvalue weighted by atomic mass is 10.2. The molecule has 5 nitrogen and oxygen atoms in total. The van der Waals surface area contributed by atoms with Crippen LogP contribution >= 0.6 is 11.6 Å². The minimum atomic E-state index is -3.81. The molecular formula is C14H13ClN2O3S. The summed E-state index contributed by atoms with van der Waals surface area (Å²) in [6, 6.07) is 7.77. The number of rotatable bonds is 5. The summed E-state index contributed by atoms with van der Waals surface area (Å²) in [6.07, 6.45) is 2.97. The van der Waals surface area contributed by atoms with Crippen molar-refractivity contribution in [3.8, 4) is 6.07 Å². The molecule has 0 fully saturated rings. The lowest BCUT2D eigenvalue weighted by molar-refractivity contribution is 0.421. The lowest BCUT2D eigenvalue weighted by Crippen LogP contribution is -2.30. The molecule has 0 bridgehead atoms. The molecule has 0 aliphatic carbocycles. The molecule has 0 spiro atoms. The van der Waals surface area contributed by atoms with E-state index in [4.69, 9.17) is 21.3 Å². The molecule has 0 N–H and O–H groups in total. The molecule has 1 aromatic carbocycles. The summed E-state index contributed by atoms with van der Waals surface area (Å²) in [6.45, 7) is 2.17. The molecule has 110 valence electrons. The first-order valence-corrected chi connectivity index (χ1v) is 8.01. The Kier molecular flexibility index (Phi) is 4.68. The third-order valence-electron chi connectivity index (χ3n) is 2.97. The zero-order valence-corrected chi connectivity index (χ0v) is 12.9. The molecule has 2 aromatic rings. The first-order valence-electron chi connectivity index (χ1n) is 6.20. The Hall–Kier alpha value is -1.81. The molecule has 0 aliphatic heterocycles. The van der Waals surface area contributed by atoms with Gasteiger partial charge < -0.3 is 4.42 Å². The second kappa shape index (κ2) is 6.31. The van der Waals surface area contributed by atoms with Crippen LogP contribution < -0.4 is 0 Å². The van der Waals surface area contributed by atoms with Crippen molar-refractivity contribution < 1.29 is 12.8 Å². The van der Waals surface area contributed by atoms with Crippen molar-refractivity contribution in [1.29, 1.82) is 5.26 Å². The van der Waals surface area contributed by atoms with Gasteiger partial charge in [0.15, 0.2) is 0 Å². The van der Waals surface area contributed by atoms with Gasteiger partial charge in [0.1, 0.15) is 11.0 Å². The van der Waals surface area contributed by atoms with Gasteiger partial charge in [-0.15, -0.1) is 0 Å². The van der Waals surface area contributed by atoms with Gasteiger partial charge in [-0.1, -0.05) is 18.5 Å². The molecule has 7 heteroatoms. The fourth-order valence-corrected chi connectivity index (χ4v) is 3.74. The van der Waals surface area contributed by atoms with Gasteiger partial charge in [-0.2, -0.15) is 9.57 Å². The number of halogens is 1. The predicted molar refractivity (Wildman–Crippen MR) is 78.1 cm³/mol. The molecule has 0 saturated heterocycles. The van der Waals surface area contributed by atoms with Crippen LogP contribution in [0.15, 0.2) is 46.1 Å². The molecule has 1 aromatic heterocycles. The van der Waals surface area contributed by atoms with E-state index in [9.17, 15) is 8.42 Å². The second-order valence-corrected chi connectivity index (χ2v) is 6.66. The third-order valence-corrected chi connectivity index (χ3v) is 5.17. The highest BCUT2D eigenvalue weighted by Gasteiger charge is 2.26. The summed E-state index contributed by atoms with van der Waals surface area (Å²) in [5.74, 6) is 0. The van der Waals surface area contributed by atoms with Gasteiger partial charge in [0.25, 0.3) is 0 Å². The van der Waals surface area contributed by atoms with E-state index >= 15 is 0 Å². The van der Waals surface area contributed by atoms with Crippen molar-refractivity contribution in [2.45, 2.75) is 18.4 Å². The number of benzene rings is 1. The summed E-state index contributed by atoms with van der Waals surface area (Å²) in [5.41, 5.74) is 0.811. The maximum Gasteiger partial charge on any atom is 0.244 e. The molecule has 0 aliphatic rings. The van der Waals surface area contributed by atoms with Gasteiger partial charge in [-0.05, 0) is 24.3 Å². The molecule has 0 saturated carbocycles. The highest BCUT2D eigenvalue weighted by atomic mass is 35.5. The van der Waals surface area contributed by atoms with Crippen LogP contribution in [0.5, 0.6) is 0 Å². The van der Waals surface area contributed by atoms with E-state index in [1.165, 1.54) is 35.0 Å². The number of hydrogen-bond acceptors (Lipinski definition) is 4. The Morgan fingerprint density at radius 2 is 2.14 bits per heavy atom. The fourth-order valence-electron chi connectivity index (χ4n) is 1.89. The first kappa shape index (κ1) is 15.6. The minimum absolute atomic E-state index is 0.0741. The molecule has 1 heterocycles. The van der Waals surface area contributed by atoms with Gasteiger partial charge >= 0.3 is 0 Å². The van der Waals surface area contributed by atoms with E-state index in [0.717, 1.165) is 5.56 Å². The molecule has 0 atom stereocenters. The van der Waals surface area contributed by atoms with E-state index in [0.29, 0.717) is 0 Å². The van der Waals surface area contributed by atoms with Crippen LogP contribution in [0, 0.1) is 11.3 Å². The van der Waals surface area contributed by atoms with E-state index < -0.39 is 10.0 Å². The monoisotopic (exact) mass is 324 g/mol. The standard InChI is InChI=1S/C14H13ClN2O3S/c1-2-17(9-11-5-6-20-10-11)21(18,19)14-7-13(15)4-3-12(14)8-16/h3-7,10H,2,9H2,1H3. The van der Waals surface area contributed by atoms with E-state index in [-0.39, 0.29) is 28.6 Å². The normalized spacial score (nSPS) is 11.5. The third kappa shape index (κ3) is 3.27. The van der Waals surface area contributed by atoms with Crippen molar-refractivity contribution >= 4 is 21.6 Å². The quantitative estimate of drug-likeness (QED) is 0.847. The van der Waals surface area contributed by atoms with Crippen LogP contribution in [0.3, 0.4) is 0 Å². The van der Waals surface area contributed by atoms with Gasteiger partial charge in [-0.25, -0.2) is 8.42 Å². The van der Waals surface area contributed by atoms with Gasteiger partial charge in [-0.3, -0.25) is 0 Å². The fraction of sp³-hybridized carbons (Fsp3) is 0.214. The van der Waals surface area contributed by atoms with Crippen LogP contribution in [0.25, 0.3) is 0 Å². The summed E-state index contributed by atoms with van der Waals surface area (Å²) < 4.78 is 31.6. The number of nitrogens with zero attached hydrogens (tertiary/aromatic N) is 2. The number of furan rings is 1. The Morgan fingerprint density at radius 3 is 2.71 bits per heavy atom. The smallest absolute Gasteiger partial charge is 0.244 e. The molecule has 0 radical (unpaired) electrons. The largest absolute Gasteiger partial charge is 0.472 e. The average molecular weight is 325 g/mol. The van der Waals surface area contributed by atoms with Crippen LogP contribution in [-0.4, -0.2) is 19.3 Å². The van der Waals surface area contributed by atoms with Crippen LogP contribution in [0.2, 0.25) is 5.02 Å². The van der Waals surface area contributed by atoms with Crippen molar-refractivity contribution in [1.82, 2.24) is 4.31 Å². The lowest BCUT2D eigenvalue weighted by Gasteiger charge is -2.20. The summed E-state index contributed by atoms with van der Waals surface area (Å²) >= 11 is 5.86. The SMILES string of the molecule is CCN(Cc1ccoc1)S(=O)(=O)c1cc(Cl)ccc1C#N. The average Bonchev–Trinajstić information content (AvgIpc) is 2.97. The van der Waals surface area contributed by atoms with Gasteiger partial charge in [0.05, 0.1) is 18.1 Å². The Bertz CT molecular complexity index is 764. The molecular weight excluding hydrogens is 312 g/mol. The molecule has 0 unspecified atom stereocenters. The Balaban J connectivity index is 2.45. The topological polar surface area (TPSA) is 74.3 Å². The van der Waals surface area contributed by atoms with E-state index in [2.05, 4.69) is 0 Å². The number of nitriles is 1. The molecule has 2 rings (SSSR count). The van der Waals surface area contributed by atoms with E-state index in [1.54, 1.807) is 13.0 Å². The predicted octanol–water partition coefficient (Wildman–Crippen LogP) is 3.02. The summed E-state index contributed by atoms with van der Waals surface area (Å²) in [7, 11) is -3.81. The zero-order chi connectivity index (χ0) is 15.5. The van der Waals surface area contributed by atoms with E-state index in [1.807, 2.05) is 6.07 Å². The van der Waals surface area contributed by atoms with Gasteiger partial charge in [0, 0.05) is 23.7 Å². The van der Waals surface area contributed by atoms with Crippen LogP contribution in [0.1, 0.15) is 18.1 Å². The minimum Gasteiger partial charge on any atom is -0.472 e. The number of hydrogen-bond donors (Lipinski definition) is 0.